The van der Waals surface area contributed by atoms with Gasteiger partial charge < -0.3 is 14.6 Å². The van der Waals surface area contributed by atoms with Crippen LogP contribution in [0.1, 0.15) is 17.0 Å². The lowest BCUT2D eigenvalue weighted by molar-refractivity contribution is 0.392. The van der Waals surface area contributed by atoms with Gasteiger partial charge in [-0.1, -0.05) is 23.4 Å². The average molecular weight is 345 g/mol. The molecular formula is C21H19N3O2. The first-order valence-electron chi connectivity index (χ1n) is 8.48. The minimum absolute atomic E-state index is 0.643. The molecule has 0 spiro atoms. The topological polar surface area (TPSA) is 60.2 Å². The number of fused-ring (bicyclic) bond motifs is 1. The Morgan fingerprint density at radius 2 is 1.85 bits per heavy atom. The van der Waals surface area contributed by atoms with Crippen LogP contribution >= 0.6 is 0 Å². The predicted octanol–water partition coefficient (Wildman–Crippen LogP) is 5.24. The second-order valence-electron chi connectivity index (χ2n) is 6.11. The van der Waals surface area contributed by atoms with Gasteiger partial charge in [-0.2, -0.15) is 0 Å². The molecule has 0 fully saturated rings. The first kappa shape index (κ1) is 16.1. The van der Waals surface area contributed by atoms with E-state index >= 15 is 0 Å². The van der Waals surface area contributed by atoms with E-state index in [1.165, 1.54) is 0 Å². The summed E-state index contributed by atoms with van der Waals surface area (Å²) in [6.45, 7) is 4.52. The third-order valence-electron chi connectivity index (χ3n) is 4.33. The average Bonchev–Trinajstić information content (AvgIpc) is 2.99. The second-order valence-corrected chi connectivity index (χ2v) is 6.11. The lowest BCUT2D eigenvalue weighted by Crippen LogP contribution is -2.02. The van der Waals surface area contributed by atoms with Gasteiger partial charge in [0.15, 0.2) is 0 Å². The van der Waals surface area contributed by atoms with Crippen LogP contribution in [0.4, 0.5) is 5.69 Å². The number of hydrogen-bond donors (Lipinski definition) is 1. The van der Waals surface area contributed by atoms with E-state index < -0.39 is 0 Å². The summed E-state index contributed by atoms with van der Waals surface area (Å²) in [6.07, 6.45) is 1.80. The Hall–Kier alpha value is -3.34. The zero-order chi connectivity index (χ0) is 17.9. The Labute approximate surface area is 151 Å². The Morgan fingerprint density at radius 1 is 1.00 bits per heavy atom. The number of aromatic nitrogens is 2. The van der Waals surface area contributed by atoms with E-state index in [0.717, 1.165) is 45.1 Å². The van der Waals surface area contributed by atoms with Crippen LogP contribution in [0.3, 0.4) is 0 Å². The minimum Gasteiger partial charge on any atom is -0.457 e. The van der Waals surface area contributed by atoms with E-state index in [1.54, 1.807) is 6.20 Å². The molecule has 5 nitrogen and oxygen atoms in total. The van der Waals surface area contributed by atoms with Crippen molar-refractivity contribution in [2.24, 2.45) is 0 Å². The molecule has 0 aliphatic heterocycles. The standard InChI is InChI=1S/C21H19N3O2/c1-14-19(15(2)26-24-14)13-23-21-10-11-22-20-9-8-17(12-18(20)21)25-16-6-4-3-5-7-16/h3-12H,13H2,1-2H3,(H,22,23). The summed E-state index contributed by atoms with van der Waals surface area (Å²) in [5.74, 6) is 2.42. The van der Waals surface area contributed by atoms with Crippen molar-refractivity contribution in [3.05, 3.63) is 77.8 Å². The van der Waals surface area contributed by atoms with Crippen LogP contribution in [0, 0.1) is 13.8 Å². The molecule has 4 rings (SSSR count). The summed E-state index contributed by atoms with van der Waals surface area (Å²) >= 11 is 0. The largest absolute Gasteiger partial charge is 0.457 e. The van der Waals surface area contributed by atoms with Gasteiger partial charge in [-0.15, -0.1) is 0 Å². The van der Waals surface area contributed by atoms with Crippen LogP contribution in [-0.4, -0.2) is 10.1 Å². The van der Waals surface area contributed by atoms with Crippen molar-refractivity contribution in [3.8, 4) is 11.5 Å². The van der Waals surface area contributed by atoms with E-state index in [2.05, 4.69) is 15.5 Å². The van der Waals surface area contributed by atoms with Crippen LogP contribution in [0.25, 0.3) is 10.9 Å². The van der Waals surface area contributed by atoms with E-state index in [9.17, 15) is 0 Å². The molecule has 0 unspecified atom stereocenters. The van der Waals surface area contributed by atoms with Crippen molar-refractivity contribution in [2.75, 3.05) is 5.32 Å². The number of anilines is 1. The van der Waals surface area contributed by atoms with Crippen LogP contribution in [0.5, 0.6) is 11.5 Å². The van der Waals surface area contributed by atoms with E-state index in [-0.39, 0.29) is 0 Å². The number of para-hydroxylation sites is 1. The van der Waals surface area contributed by atoms with Gasteiger partial charge >= 0.3 is 0 Å². The molecule has 2 heterocycles. The smallest absolute Gasteiger partial charge is 0.138 e. The Balaban J connectivity index is 1.63. The van der Waals surface area contributed by atoms with Gasteiger partial charge in [0.2, 0.25) is 0 Å². The zero-order valence-corrected chi connectivity index (χ0v) is 14.7. The third-order valence-corrected chi connectivity index (χ3v) is 4.33. The molecule has 0 radical (unpaired) electrons. The van der Waals surface area contributed by atoms with Gasteiger partial charge in [-0.25, -0.2) is 0 Å². The summed E-state index contributed by atoms with van der Waals surface area (Å²) in [7, 11) is 0. The molecule has 0 atom stereocenters. The van der Waals surface area contributed by atoms with Gasteiger partial charge in [0, 0.05) is 29.4 Å². The normalized spacial score (nSPS) is 10.8. The Bertz CT molecular complexity index is 1020. The number of ether oxygens (including phenoxy) is 1. The van der Waals surface area contributed by atoms with Gasteiger partial charge in [0.05, 0.1) is 11.2 Å². The van der Waals surface area contributed by atoms with E-state index in [1.807, 2.05) is 68.4 Å². The lowest BCUT2D eigenvalue weighted by Gasteiger charge is -2.11. The highest BCUT2D eigenvalue weighted by molar-refractivity contribution is 5.92. The number of nitrogens with one attached hydrogen (secondary N) is 1. The Kier molecular flexibility index (Phi) is 4.27. The zero-order valence-electron chi connectivity index (χ0n) is 14.7. The van der Waals surface area contributed by atoms with Crippen molar-refractivity contribution in [2.45, 2.75) is 20.4 Å². The molecule has 0 aliphatic rings. The number of benzene rings is 2. The molecule has 0 aliphatic carbocycles. The predicted molar refractivity (Wildman–Crippen MR) is 102 cm³/mol. The highest BCUT2D eigenvalue weighted by Gasteiger charge is 2.10. The molecule has 2 aromatic carbocycles. The number of hydrogen-bond acceptors (Lipinski definition) is 5. The minimum atomic E-state index is 0.643. The van der Waals surface area contributed by atoms with Crippen LogP contribution < -0.4 is 10.1 Å². The molecule has 26 heavy (non-hydrogen) atoms. The summed E-state index contributed by atoms with van der Waals surface area (Å²) in [6, 6.07) is 17.6. The van der Waals surface area contributed by atoms with Gasteiger partial charge in [0.1, 0.15) is 17.3 Å². The molecule has 1 N–H and O–H groups in total. The summed E-state index contributed by atoms with van der Waals surface area (Å²) in [5.41, 5.74) is 3.88. The van der Waals surface area contributed by atoms with Gasteiger partial charge in [-0.05, 0) is 50.2 Å². The highest BCUT2D eigenvalue weighted by atomic mass is 16.5. The monoisotopic (exact) mass is 345 g/mol. The quantitative estimate of drug-likeness (QED) is 0.536. The first-order chi connectivity index (χ1) is 12.7. The van der Waals surface area contributed by atoms with E-state index in [4.69, 9.17) is 9.26 Å². The fourth-order valence-corrected chi connectivity index (χ4v) is 2.91. The molecule has 130 valence electrons. The summed E-state index contributed by atoms with van der Waals surface area (Å²) in [4.78, 5) is 4.44. The second kappa shape index (κ2) is 6.88. The molecule has 4 aromatic rings. The molecule has 0 bridgehead atoms. The SMILES string of the molecule is Cc1noc(C)c1CNc1ccnc2ccc(Oc3ccccc3)cc12. The summed E-state index contributed by atoms with van der Waals surface area (Å²) in [5, 5.41) is 8.48. The molecule has 5 heteroatoms. The maximum absolute atomic E-state index is 5.95. The van der Waals surface area contributed by atoms with E-state index in [0.29, 0.717) is 6.54 Å². The molecule has 0 saturated heterocycles. The molecular weight excluding hydrogens is 326 g/mol. The van der Waals surface area contributed by atoms with Gasteiger partial charge in [0.25, 0.3) is 0 Å². The van der Waals surface area contributed by atoms with Crippen LogP contribution in [-0.2, 0) is 6.54 Å². The van der Waals surface area contributed by atoms with Crippen LogP contribution in [0.2, 0.25) is 0 Å². The van der Waals surface area contributed by atoms with Crippen LogP contribution in [0.15, 0.2) is 65.3 Å². The van der Waals surface area contributed by atoms with Crippen molar-refractivity contribution in [3.63, 3.8) is 0 Å². The molecule has 0 saturated carbocycles. The number of nitrogens with zero attached hydrogens (tertiary/aromatic N) is 2. The number of rotatable bonds is 5. The fraction of sp³-hybridized carbons (Fsp3) is 0.143. The third kappa shape index (κ3) is 3.24. The Morgan fingerprint density at radius 3 is 2.62 bits per heavy atom. The van der Waals surface area contributed by atoms with Crippen molar-refractivity contribution in [1.29, 1.82) is 0 Å². The van der Waals surface area contributed by atoms with Crippen molar-refractivity contribution < 1.29 is 9.26 Å². The van der Waals surface area contributed by atoms with Crippen molar-refractivity contribution >= 4 is 16.6 Å². The van der Waals surface area contributed by atoms with Gasteiger partial charge in [-0.3, -0.25) is 4.98 Å². The summed E-state index contributed by atoms with van der Waals surface area (Å²) < 4.78 is 11.2. The van der Waals surface area contributed by atoms with Crippen molar-refractivity contribution in [1.82, 2.24) is 10.1 Å². The first-order valence-corrected chi connectivity index (χ1v) is 8.48. The lowest BCUT2D eigenvalue weighted by atomic mass is 10.1. The fourth-order valence-electron chi connectivity index (χ4n) is 2.91. The molecule has 0 amide bonds. The maximum Gasteiger partial charge on any atom is 0.138 e. The number of aryl methyl sites for hydroxylation is 2. The number of pyridine rings is 1. The molecule has 2 aromatic heterocycles. The maximum atomic E-state index is 5.95. The highest BCUT2D eigenvalue weighted by Crippen LogP contribution is 2.29.